The molecule has 7 N–H and O–H groups in total. The highest BCUT2D eigenvalue weighted by Gasteiger charge is 2.53. The summed E-state index contributed by atoms with van der Waals surface area (Å²) in [6, 6.07) is 3.72. The molecular formula is C37H47N2O12+. The fraction of sp³-hybridized carbons (Fsp3) is 0.568. The van der Waals surface area contributed by atoms with Crippen LogP contribution in [0.4, 0.5) is 0 Å². The highest BCUT2D eigenvalue weighted by atomic mass is 16.7. The minimum Gasteiger partial charge on any atom is -0.507 e. The standard InChI is InChI=1S/C37H46N2O12/c1-16-29(41)21(38)11-24(49-16)50-23-15-37(46,17(2)40)14-20-26(23)32(44)27-28(30(42)19-9-8-10-22(48-7)25(19)31(27)43)33(20)51-34(45)18-12-35(3,4)39(47)36(5,6)13-18/h8-10,16,18,21,23-24,29,41,44,46-47H,11-15,38H2,1-7H3/p+1/t16?,21?,23-,24?,29+,37-/m0/s1. The van der Waals surface area contributed by atoms with Crippen LogP contribution in [-0.4, -0.2) is 97.2 Å². The Morgan fingerprint density at radius 1 is 1.04 bits per heavy atom. The molecule has 51 heavy (non-hydrogen) atoms. The highest BCUT2D eigenvalue weighted by molar-refractivity contribution is 6.31. The van der Waals surface area contributed by atoms with E-state index in [1.807, 2.05) is 27.7 Å². The van der Waals surface area contributed by atoms with Gasteiger partial charge in [-0.15, -0.1) is 0 Å². The molecule has 6 rings (SSSR count). The van der Waals surface area contributed by atoms with Crippen LogP contribution in [0.3, 0.4) is 0 Å². The zero-order valence-electron chi connectivity index (χ0n) is 29.9. The molecular weight excluding hydrogens is 664 g/mol. The van der Waals surface area contributed by atoms with E-state index in [1.165, 1.54) is 37.3 Å². The SMILES string of the molecule is COc1cccc2c1C(=O)c1c(O)c3c(c(OC(=O)C4CC(C)(C)N([OH2+])C(C)(C)C4)c1C2=O)C[C@@](O)(C(C)=O)C[C@@H]3OC1CC(N)[C@H](O)C(C)O1. The quantitative estimate of drug-likeness (QED) is 0.164. The van der Waals surface area contributed by atoms with E-state index in [9.17, 15) is 34.5 Å². The Kier molecular flexibility index (Phi) is 9.23. The summed E-state index contributed by atoms with van der Waals surface area (Å²) < 4.78 is 23.8. The Hall–Kier alpha value is -3.76. The van der Waals surface area contributed by atoms with Crippen molar-refractivity contribution < 1.29 is 58.7 Å². The molecule has 14 nitrogen and oxygen atoms in total. The molecule has 2 fully saturated rings. The first-order valence-electron chi connectivity index (χ1n) is 17.1. The van der Waals surface area contributed by atoms with Crippen molar-refractivity contribution in [3.05, 3.63) is 51.6 Å². The van der Waals surface area contributed by atoms with E-state index in [0.29, 0.717) is 0 Å². The summed E-state index contributed by atoms with van der Waals surface area (Å²) in [5, 5.41) is 44.3. The van der Waals surface area contributed by atoms with Crippen LogP contribution in [0.2, 0.25) is 0 Å². The Balaban J connectivity index is 1.56. The molecule has 0 aromatic heterocycles. The second-order valence-electron chi connectivity index (χ2n) is 15.6. The van der Waals surface area contributed by atoms with Gasteiger partial charge in [-0.2, -0.15) is 0 Å². The van der Waals surface area contributed by atoms with Crippen LogP contribution in [0.25, 0.3) is 0 Å². The Bertz CT molecular complexity index is 1790. The lowest BCUT2D eigenvalue weighted by Gasteiger charge is -2.47. The highest BCUT2D eigenvalue weighted by Crippen LogP contribution is 2.53. The molecule has 0 bridgehead atoms. The van der Waals surface area contributed by atoms with Gasteiger partial charge in [0.05, 0.1) is 59.1 Å². The number of phenols is 1. The minimum absolute atomic E-state index is 0.0195. The van der Waals surface area contributed by atoms with E-state index in [0.717, 1.165) is 0 Å². The number of hydroxylamine groups is 2. The maximum atomic E-state index is 14.4. The average Bonchev–Trinajstić information content (AvgIpc) is 3.05. The zero-order valence-corrected chi connectivity index (χ0v) is 29.9. The summed E-state index contributed by atoms with van der Waals surface area (Å²) in [5.41, 5.74) is 1.51. The van der Waals surface area contributed by atoms with Gasteiger partial charge in [0.15, 0.2) is 17.9 Å². The average molecular weight is 712 g/mol. The third-order valence-corrected chi connectivity index (χ3v) is 11.0. The number of rotatable bonds is 6. The fourth-order valence-corrected chi connectivity index (χ4v) is 8.38. The molecule has 4 aliphatic rings. The van der Waals surface area contributed by atoms with Crippen LogP contribution >= 0.6 is 0 Å². The molecule has 0 amide bonds. The number of fused-ring (bicyclic) bond motifs is 3. The smallest absolute Gasteiger partial charge is 0.314 e. The predicted octanol–water partition coefficient (Wildman–Crippen LogP) is 2.14. The monoisotopic (exact) mass is 711 g/mol. The van der Waals surface area contributed by atoms with Crippen LogP contribution in [0.15, 0.2) is 18.2 Å². The summed E-state index contributed by atoms with van der Waals surface area (Å²) in [5.74, 6) is -4.54. The molecule has 276 valence electrons. The number of aromatic hydroxyl groups is 1. The molecule has 6 atom stereocenters. The third kappa shape index (κ3) is 6.06. The van der Waals surface area contributed by atoms with Gasteiger partial charge >= 0.3 is 5.97 Å². The normalized spacial score (nSPS) is 30.2. The summed E-state index contributed by atoms with van der Waals surface area (Å²) in [6.07, 6.45) is -4.48. The van der Waals surface area contributed by atoms with Crippen molar-refractivity contribution in [3.8, 4) is 17.2 Å². The van der Waals surface area contributed by atoms with E-state index >= 15 is 0 Å². The number of carbonyl (C=O) groups excluding carboxylic acids is 4. The number of ketones is 3. The number of methoxy groups -OCH3 is 1. The molecule has 2 aliphatic carbocycles. The van der Waals surface area contributed by atoms with Crippen molar-refractivity contribution in [2.45, 2.75) is 121 Å². The van der Waals surface area contributed by atoms with Gasteiger partial charge in [0.25, 0.3) is 0 Å². The van der Waals surface area contributed by atoms with Gasteiger partial charge in [-0.05, 0) is 60.5 Å². The van der Waals surface area contributed by atoms with Gasteiger partial charge in [-0.25, -0.2) is 0 Å². The number of nitrogens with zero attached hydrogens (tertiary/aromatic N) is 1. The second kappa shape index (κ2) is 12.7. The number of aliphatic hydroxyl groups excluding tert-OH is 1. The Morgan fingerprint density at radius 3 is 2.27 bits per heavy atom. The maximum Gasteiger partial charge on any atom is 0.314 e. The Morgan fingerprint density at radius 2 is 1.69 bits per heavy atom. The molecule has 2 aromatic rings. The van der Waals surface area contributed by atoms with Crippen molar-refractivity contribution in [3.63, 3.8) is 0 Å². The van der Waals surface area contributed by atoms with Gasteiger partial charge in [0, 0.05) is 42.0 Å². The summed E-state index contributed by atoms with van der Waals surface area (Å²) in [7, 11) is 1.34. The van der Waals surface area contributed by atoms with Crippen molar-refractivity contribution in [2.24, 2.45) is 11.7 Å². The Labute approximate surface area is 295 Å². The van der Waals surface area contributed by atoms with E-state index in [1.54, 1.807) is 6.92 Å². The predicted molar refractivity (Wildman–Crippen MR) is 181 cm³/mol. The first kappa shape index (κ1) is 37.0. The van der Waals surface area contributed by atoms with Gasteiger partial charge < -0.3 is 45.2 Å². The number of benzene rings is 2. The van der Waals surface area contributed by atoms with Crippen molar-refractivity contribution in [2.75, 3.05) is 7.11 Å². The molecule has 14 heteroatoms. The van der Waals surface area contributed by atoms with Gasteiger partial charge in [-0.1, -0.05) is 17.2 Å². The molecule has 3 unspecified atom stereocenters. The van der Waals surface area contributed by atoms with E-state index in [-0.39, 0.29) is 65.0 Å². The number of carbonyl (C=O) groups is 4. The number of esters is 1. The topological polar surface area (TPSA) is 218 Å². The first-order chi connectivity index (χ1) is 23.7. The number of aliphatic hydroxyl groups is 2. The van der Waals surface area contributed by atoms with Crippen molar-refractivity contribution >= 4 is 23.3 Å². The van der Waals surface area contributed by atoms with Gasteiger partial charge in [0.1, 0.15) is 22.8 Å². The number of nitrogens with two attached hydrogens (primary N) is 1. The van der Waals surface area contributed by atoms with Crippen LogP contribution in [0.5, 0.6) is 17.2 Å². The van der Waals surface area contributed by atoms with Crippen LogP contribution in [0, 0.1) is 5.92 Å². The molecule has 2 heterocycles. The number of Topliss-reactive ketones (excluding diaryl/α,β-unsaturated/α-hetero) is 1. The van der Waals surface area contributed by atoms with E-state index < -0.39 is 94.3 Å². The van der Waals surface area contributed by atoms with E-state index in [2.05, 4.69) is 0 Å². The van der Waals surface area contributed by atoms with Crippen molar-refractivity contribution in [1.29, 1.82) is 0 Å². The lowest BCUT2D eigenvalue weighted by Crippen LogP contribution is -2.60. The first-order valence-corrected chi connectivity index (χ1v) is 17.1. The number of piperidine rings is 1. The maximum absolute atomic E-state index is 14.4. The van der Waals surface area contributed by atoms with Crippen LogP contribution in [0.1, 0.15) is 116 Å². The molecule has 0 spiro atoms. The molecule has 2 aliphatic heterocycles. The molecule has 0 saturated carbocycles. The number of hydrogen-bond acceptors (Lipinski definition) is 13. The lowest BCUT2D eigenvalue weighted by atomic mass is 9.72. The van der Waals surface area contributed by atoms with Crippen LogP contribution < -0.4 is 15.2 Å². The largest absolute Gasteiger partial charge is 0.507 e. The van der Waals surface area contributed by atoms with Crippen LogP contribution in [-0.2, 0) is 25.5 Å². The molecule has 2 aromatic carbocycles. The number of phenolic OH excluding ortho intramolecular Hbond substituents is 1. The molecule has 0 radical (unpaired) electrons. The summed E-state index contributed by atoms with van der Waals surface area (Å²) in [4.78, 5) is 56.1. The van der Waals surface area contributed by atoms with Crippen molar-refractivity contribution in [1.82, 2.24) is 5.06 Å². The number of hydrogen-bond donors (Lipinski definition) is 4. The molecule has 2 saturated heterocycles. The summed E-state index contributed by atoms with van der Waals surface area (Å²) >= 11 is 0. The zero-order chi connectivity index (χ0) is 37.5. The minimum atomic E-state index is -2.11. The number of ether oxygens (including phenoxy) is 4. The van der Waals surface area contributed by atoms with E-state index in [4.69, 9.17) is 29.9 Å². The summed E-state index contributed by atoms with van der Waals surface area (Å²) in [6.45, 7) is 10.2. The second-order valence-corrected chi connectivity index (χ2v) is 15.6. The fourth-order valence-electron chi connectivity index (χ4n) is 8.38. The third-order valence-electron chi connectivity index (χ3n) is 11.0. The van der Waals surface area contributed by atoms with Gasteiger partial charge in [0.2, 0.25) is 5.78 Å². The lowest BCUT2D eigenvalue weighted by molar-refractivity contribution is -0.251. The van der Waals surface area contributed by atoms with Gasteiger partial charge in [-0.3, -0.25) is 19.2 Å².